The molecule has 6 heteroatoms. The van der Waals surface area contributed by atoms with Crippen LogP contribution in [-0.4, -0.2) is 16.4 Å². The number of hydrogen-bond donors (Lipinski definition) is 1. The molecule has 3 rings (SSSR count). The molecule has 0 aliphatic carbocycles. The summed E-state index contributed by atoms with van der Waals surface area (Å²) in [4.78, 5) is 5.41. The Hall–Kier alpha value is -1.56. The molecule has 4 nitrogen and oxygen atoms in total. The maximum absolute atomic E-state index is 5.95. The van der Waals surface area contributed by atoms with Crippen LogP contribution in [0.2, 0.25) is 5.02 Å². The van der Waals surface area contributed by atoms with Gasteiger partial charge in [-0.3, -0.25) is 4.40 Å². The van der Waals surface area contributed by atoms with Gasteiger partial charge in [0.25, 0.3) is 0 Å². The van der Waals surface area contributed by atoms with Gasteiger partial charge in [0.15, 0.2) is 4.96 Å². The van der Waals surface area contributed by atoms with Crippen molar-refractivity contribution in [2.24, 2.45) is 0 Å². The summed E-state index contributed by atoms with van der Waals surface area (Å²) >= 11 is 7.53. The van der Waals surface area contributed by atoms with Gasteiger partial charge in [0, 0.05) is 23.1 Å². The van der Waals surface area contributed by atoms with Crippen LogP contribution in [0.5, 0.6) is 11.6 Å². The minimum Gasteiger partial charge on any atom is -0.437 e. The Labute approximate surface area is 119 Å². The Morgan fingerprint density at radius 3 is 3.16 bits per heavy atom. The molecule has 19 heavy (non-hydrogen) atoms. The van der Waals surface area contributed by atoms with Crippen molar-refractivity contribution in [3.63, 3.8) is 0 Å². The number of halogens is 1. The molecule has 2 heterocycles. The van der Waals surface area contributed by atoms with E-state index in [2.05, 4.69) is 10.3 Å². The molecule has 0 radical (unpaired) electrons. The van der Waals surface area contributed by atoms with Crippen LogP contribution in [0.3, 0.4) is 0 Å². The molecule has 98 valence electrons. The molecule has 0 amide bonds. The van der Waals surface area contributed by atoms with Crippen LogP contribution in [0.4, 0.5) is 0 Å². The second-order valence-electron chi connectivity index (χ2n) is 4.01. The van der Waals surface area contributed by atoms with Gasteiger partial charge in [-0.15, -0.1) is 11.3 Å². The van der Waals surface area contributed by atoms with Crippen molar-refractivity contribution in [1.29, 1.82) is 0 Å². The number of thiazole rings is 1. The van der Waals surface area contributed by atoms with Crippen LogP contribution in [0.1, 0.15) is 5.69 Å². The third-order valence-electron chi connectivity index (χ3n) is 2.68. The fourth-order valence-electron chi connectivity index (χ4n) is 1.86. The van der Waals surface area contributed by atoms with E-state index in [1.807, 2.05) is 41.2 Å². The zero-order valence-corrected chi connectivity index (χ0v) is 11.8. The average Bonchev–Trinajstić information content (AvgIpc) is 2.93. The summed E-state index contributed by atoms with van der Waals surface area (Å²) in [5, 5.41) is 5.78. The molecule has 3 aromatic rings. The van der Waals surface area contributed by atoms with Gasteiger partial charge in [-0.1, -0.05) is 17.7 Å². The van der Waals surface area contributed by atoms with Crippen LogP contribution in [-0.2, 0) is 6.54 Å². The zero-order chi connectivity index (χ0) is 13.2. The summed E-state index contributed by atoms with van der Waals surface area (Å²) in [7, 11) is 1.90. The second-order valence-corrected chi connectivity index (χ2v) is 5.32. The first-order valence-electron chi connectivity index (χ1n) is 5.80. The molecule has 0 saturated heterocycles. The predicted octanol–water partition coefficient (Wildman–Crippen LogP) is 3.56. The number of ether oxygens (including phenoxy) is 1. The number of rotatable bonds is 4. The SMILES string of the molecule is CNCc1c(Oc2cccc(Cl)c2)nc2sccn12. The average molecular weight is 294 g/mol. The summed E-state index contributed by atoms with van der Waals surface area (Å²) in [6.45, 7) is 0.688. The Morgan fingerprint density at radius 2 is 2.37 bits per heavy atom. The van der Waals surface area contributed by atoms with Crippen LogP contribution < -0.4 is 10.1 Å². The van der Waals surface area contributed by atoms with E-state index < -0.39 is 0 Å². The van der Waals surface area contributed by atoms with Gasteiger partial charge in [-0.05, 0) is 25.2 Å². The third-order valence-corrected chi connectivity index (χ3v) is 3.67. The number of aromatic nitrogens is 2. The fraction of sp³-hybridized carbons (Fsp3) is 0.154. The molecule has 0 spiro atoms. The summed E-state index contributed by atoms with van der Waals surface area (Å²) < 4.78 is 7.87. The lowest BCUT2D eigenvalue weighted by Crippen LogP contribution is -2.08. The first kappa shape index (κ1) is 12.5. The first-order chi connectivity index (χ1) is 9.28. The van der Waals surface area contributed by atoms with Crippen molar-refractivity contribution in [2.75, 3.05) is 7.05 Å². The standard InChI is InChI=1S/C13H12ClN3OS/c1-15-8-11-12(16-13-17(11)5-6-19-13)18-10-4-2-3-9(14)7-10/h2-7,15H,8H2,1H3. The molecule has 0 aliphatic heterocycles. The van der Waals surface area contributed by atoms with Gasteiger partial charge in [-0.25, -0.2) is 0 Å². The second kappa shape index (κ2) is 5.21. The molecular weight excluding hydrogens is 282 g/mol. The van der Waals surface area contributed by atoms with Crippen molar-refractivity contribution in [3.8, 4) is 11.6 Å². The van der Waals surface area contributed by atoms with Crippen molar-refractivity contribution in [2.45, 2.75) is 6.54 Å². The number of nitrogens with one attached hydrogen (secondary N) is 1. The van der Waals surface area contributed by atoms with Crippen molar-refractivity contribution in [3.05, 3.63) is 46.6 Å². The smallest absolute Gasteiger partial charge is 0.243 e. The van der Waals surface area contributed by atoms with E-state index >= 15 is 0 Å². The van der Waals surface area contributed by atoms with Crippen molar-refractivity contribution >= 4 is 27.9 Å². The van der Waals surface area contributed by atoms with Gasteiger partial charge in [0.2, 0.25) is 5.88 Å². The van der Waals surface area contributed by atoms with Crippen LogP contribution in [0.25, 0.3) is 4.96 Å². The summed E-state index contributed by atoms with van der Waals surface area (Å²) in [5.41, 5.74) is 0.999. The highest BCUT2D eigenvalue weighted by molar-refractivity contribution is 7.15. The van der Waals surface area contributed by atoms with E-state index in [4.69, 9.17) is 16.3 Å². The summed E-state index contributed by atoms with van der Waals surface area (Å²) in [5.74, 6) is 1.30. The third kappa shape index (κ3) is 2.45. The molecule has 0 unspecified atom stereocenters. The monoisotopic (exact) mass is 293 g/mol. The fourth-order valence-corrected chi connectivity index (χ4v) is 2.77. The largest absolute Gasteiger partial charge is 0.437 e. The van der Waals surface area contributed by atoms with E-state index in [-0.39, 0.29) is 0 Å². The number of nitrogens with zero attached hydrogens (tertiary/aromatic N) is 2. The lowest BCUT2D eigenvalue weighted by molar-refractivity contribution is 0.457. The maximum Gasteiger partial charge on any atom is 0.243 e. The summed E-state index contributed by atoms with van der Waals surface area (Å²) in [6, 6.07) is 7.31. The topological polar surface area (TPSA) is 38.6 Å². The number of fused-ring (bicyclic) bond motifs is 1. The first-order valence-corrected chi connectivity index (χ1v) is 7.06. The minimum atomic E-state index is 0.614. The summed E-state index contributed by atoms with van der Waals surface area (Å²) in [6.07, 6.45) is 1.99. The van der Waals surface area contributed by atoms with Crippen LogP contribution in [0, 0.1) is 0 Å². The zero-order valence-electron chi connectivity index (χ0n) is 10.3. The van der Waals surface area contributed by atoms with Gasteiger partial charge in [0.05, 0.1) is 0 Å². The van der Waals surface area contributed by atoms with Crippen molar-refractivity contribution in [1.82, 2.24) is 14.7 Å². The van der Waals surface area contributed by atoms with Crippen LogP contribution >= 0.6 is 22.9 Å². The minimum absolute atomic E-state index is 0.614. The Kier molecular flexibility index (Phi) is 3.42. The highest BCUT2D eigenvalue weighted by Crippen LogP contribution is 2.29. The molecule has 0 saturated carbocycles. The van der Waals surface area contributed by atoms with E-state index in [0.29, 0.717) is 23.2 Å². The number of benzene rings is 1. The normalized spacial score (nSPS) is 11.1. The van der Waals surface area contributed by atoms with Crippen molar-refractivity contribution < 1.29 is 4.74 Å². The molecule has 2 aromatic heterocycles. The van der Waals surface area contributed by atoms with Gasteiger partial charge >= 0.3 is 0 Å². The molecule has 0 aliphatic rings. The lowest BCUT2D eigenvalue weighted by Gasteiger charge is -2.06. The molecule has 0 fully saturated rings. The Morgan fingerprint density at radius 1 is 1.47 bits per heavy atom. The van der Waals surface area contributed by atoms with E-state index in [9.17, 15) is 0 Å². The number of hydrogen-bond acceptors (Lipinski definition) is 4. The molecule has 1 N–H and O–H groups in total. The maximum atomic E-state index is 5.95. The number of imidazole rings is 1. The Bertz CT molecular complexity index is 707. The quantitative estimate of drug-likeness (QED) is 0.799. The van der Waals surface area contributed by atoms with Crippen LogP contribution in [0.15, 0.2) is 35.8 Å². The predicted molar refractivity (Wildman–Crippen MR) is 77.4 cm³/mol. The van der Waals surface area contributed by atoms with E-state index in [0.717, 1.165) is 10.7 Å². The molecule has 0 bridgehead atoms. The Balaban J connectivity index is 1.99. The van der Waals surface area contributed by atoms with E-state index in [1.165, 1.54) is 0 Å². The molecule has 0 atom stereocenters. The highest BCUT2D eigenvalue weighted by Gasteiger charge is 2.14. The molecular formula is C13H12ClN3OS. The lowest BCUT2D eigenvalue weighted by atomic mass is 10.3. The van der Waals surface area contributed by atoms with E-state index in [1.54, 1.807) is 17.4 Å². The van der Waals surface area contributed by atoms with Gasteiger partial charge in [-0.2, -0.15) is 4.98 Å². The van der Waals surface area contributed by atoms with Gasteiger partial charge < -0.3 is 10.1 Å². The van der Waals surface area contributed by atoms with Gasteiger partial charge in [0.1, 0.15) is 11.4 Å². The highest BCUT2D eigenvalue weighted by atomic mass is 35.5. The molecule has 1 aromatic carbocycles.